The molecule has 0 radical (unpaired) electrons. The quantitative estimate of drug-likeness (QED) is 0.746. The minimum Gasteiger partial charge on any atom is -0.465 e. The van der Waals surface area contributed by atoms with Gasteiger partial charge in [0.05, 0.1) is 7.11 Å². The Hall–Kier alpha value is -1.45. The van der Waals surface area contributed by atoms with Crippen molar-refractivity contribution in [1.82, 2.24) is 9.21 Å². The standard InChI is InChI=1S/C14H18N2O5S2/c1-15-10-3-5-16(8-9(10)7-12(15)17)23(19,20)11-4-6-22-13(11)14(18)21-2/h4,6,9-10H,3,5,7-8H2,1-2H3/t9-,10+/m1/s1. The molecular weight excluding hydrogens is 340 g/mol. The molecular formula is C14H18N2O5S2. The second-order valence-electron chi connectivity index (χ2n) is 5.79. The number of thiophene rings is 1. The molecule has 23 heavy (non-hydrogen) atoms. The van der Waals surface area contributed by atoms with Crippen LogP contribution < -0.4 is 0 Å². The Bertz CT molecular complexity index is 742. The van der Waals surface area contributed by atoms with E-state index in [1.54, 1.807) is 17.3 Å². The van der Waals surface area contributed by atoms with E-state index in [1.165, 1.54) is 17.5 Å². The maximum absolute atomic E-state index is 12.9. The highest BCUT2D eigenvalue weighted by Gasteiger charge is 2.44. The van der Waals surface area contributed by atoms with Crippen molar-refractivity contribution in [3.8, 4) is 0 Å². The first-order chi connectivity index (χ1) is 10.9. The lowest BCUT2D eigenvalue weighted by atomic mass is 9.94. The van der Waals surface area contributed by atoms with Gasteiger partial charge in [0.25, 0.3) is 0 Å². The van der Waals surface area contributed by atoms with Crippen LogP contribution in [0.15, 0.2) is 16.3 Å². The average Bonchev–Trinajstić information content (AvgIpc) is 3.12. The topological polar surface area (TPSA) is 84.0 Å². The van der Waals surface area contributed by atoms with E-state index in [9.17, 15) is 18.0 Å². The summed E-state index contributed by atoms with van der Waals surface area (Å²) in [5.74, 6) is -0.578. The monoisotopic (exact) mass is 358 g/mol. The molecule has 7 nitrogen and oxygen atoms in total. The average molecular weight is 358 g/mol. The number of ether oxygens (including phenoxy) is 1. The number of nitrogens with zero attached hydrogens (tertiary/aromatic N) is 2. The molecule has 2 atom stereocenters. The lowest BCUT2D eigenvalue weighted by molar-refractivity contribution is -0.127. The smallest absolute Gasteiger partial charge is 0.349 e. The molecule has 1 aromatic heterocycles. The Labute approximate surface area is 138 Å². The van der Waals surface area contributed by atoms with Crippen LogP contribution in [0.1, 0.15) is 22.5 Å². The number of hydrogen-bond acceptors (Lipinski definition) is 6. The van der Waals surface area contributed by atoms with Crippen molar-refractivity contribution in [3.63, 3.8) is 0 Å². The van der Waals surface area contributed by atoms with E-state index < -0.39 is 16.0 Å². The molecule has 2 fully saturated rings. The van der Waals surface area contributed by atoms with Crippen LogP contribution in [0, 0.1) is 5.92 Å². The number of piperidine rings is 1. The summed E-state index contributed by atoms with van der Waals surface area (Å²) in [4.78, 5) is 25.4. The highest BCUT2D eigenvalue weighted by molar-refractivity contribution is 7.89. The SMILES string of the molecule is COC(=O)c1sccc1S(=O)(=O)N1CC[C@H]2[C@H](CC(=O)N2C)C1. The van der Waals surface area contributed by atoms with Gasteiger partial charge in [0, 0.05) is 38.5 Å². The summed E-state index contributed by atoms with van der Waals surface area (Å²) in [6, 6.07) is 1.54. The first kappa shape index (κ1) is 16.4. The molecule has 2 aliphatic rings. The molecule has 126 valence electrons. The second kappa shape index (κ2) is 5.88. The van der Waals surface area contributed by atoms with Crippen LogP contribution in [0.3, 0.4) is 0 Å². The van der Waals surface area contributed by atoms with Crippen LogP contribution in [0.2, 0.25) is 0 Å². The van der Waals surface area contributed by atoms with E-state index in [0.29, 0.717) is 25.9 Å². The van der Waals surface area contributed by atoms with Crippen molar-refractivity contribution in [3.05, 3.63) is 16.3 Å². The number of carbonyl (C=O) groups excluding carboxylic acids is 2. The van der Waals surface area contributed by atoms with Crippen LogP contribution in [0.5, 0.6) is 0 Å². The third kappa shape index (κ3) is 2.66. The maximum Gasteiger partial charge on any atom is 0.349 e. The number of carbonyl (C=O) groups is 2. The minimum absolute atomic E-state index is 0.00882. The van der Waals surface area contributed by atoms with Gasteiger partial charge in [-0.1, -0.05) is 0 Å². The Morgan fingerprint density at radius 3 is 2.87 bits per heavy atom. The molecule has 3 heterocycles. The lowest BCUT2D eigenvalue weighted by Crippen LogP contribution is -2.47. The van der Waals surface area contributed by atoms with Crippen LogP contribution >= 0.6 is 11.3 Å². The molecule has 0 saturated carbocycles. The first-order valence-corrected chi connectivity index (χ1v) is 9.60. The molecule has 0 aliphatic carbocycles. The van der Waals surface area contributed by atoms with Gasteiger partial charge in [0.1, 0.15) is 9.77 Å². The van der Waals surface area contributed by atoms with E-state index in [4.69, 9.17) is 0 Å². The predicted molar refractivity (Wildman–Crippen MR) is 83.7 cm³/mol. The van der Waals surface area contributed by atoms with Crippen molar-refractivity contribution in [1.29, 1.82) is 0 Å². The van der Waals surface area contributed by atoms with Gasteiger partial charge < -0.3 is 9.64 Å². The molecule has 1 aromatic rings. The summed E-state index contributed by atoms with van der Waals surface area (Å²) in [6.45, 7) is 0.650. The summed E-state index contributed by atoms with van der Waals surface area (Å²) in [5.41, 5.74) is 0. The third-order valence-electron chi connectivity index (χ3n) is 4.60. The largest absolute Gasteiger partial charge is 0.465 e. The highest BCUT2D eigenvalue weighted by atomic mass is 32.2. The Kier molecular flexibility index (Phi) is 4.19. The van der Waals surface area contributed by atoms with Gasteiger partial charge in [0.15, 0.2) is 0 Å². The van der Waals surface area contributed by atoms with Gasteiger partial charge in [-0.3, -0.25) is 4.79 Å². The van der Waals surface area contributed by atoms with Gasteiger partial charge in [-0.05, 0) is 17.9 Å². The minimum atomic E-state index is -3.76. The molecule has 3 rings (SSSR count). The van der Waals surface area contributed by atoms with Crippen LogP contribution in [0.25, 0.3) is 0 Å². The summed E-state index contributed by atoms with van der Waals surface area (Å²) in [7, 11) is -0.770. The number of sulfonamides is 1. The highest BCUT2D eigenvalue weighted by Crippen LogP contribution is 2.34. The molecule has 0 N–H and O–H groups in total. The number of amides is 1. The van der Waals surface area contributed by atoms with E-state index in [2.05, 4.69) is 4.74 Å². The number of methoxy groups -OCH3 is 1. The molecule has 0 bridgehead atoms. The molecule has 2 aliphatic heterocycles. The zero-order valence-electron chi connectivity index (χ0n) is 12.9. The van der Waals surface area contributed by atoms with Crippen molar-refractivity contribution >= 4 is 33.2 Å². The summed E-state index contributed by atoms with van der Waals surface area (Å²) >= 11 is 1.05. The molecule has 0 aromatic carbocycles. The van der Waals surface area contributed by atoms with E-state index >= 15 is 0 Å². The van der Waals surface area contributed by atoms with Crippen LogP contribution in [0.4, 0.5) is 0 Å². The first-order valence-electron chi connectivity index (χ1n) is 7.28. The van der Waals surface area contributed by atoms with Gasteiger partial charge in [0.2, 0.25) is 15.9 Å². The van der Waals surface area contributed by atoms with Crippen LogP contribution in [-0.2, 0) is 19.6 Å². The normalized spacial score (nSPS) is 25.5. The summed E-state index contributed by atoms with van der Waals surface area (Å²) in [6.07, 6.45) is 0.991. The van der Waals surface area contributed by atoms with E-state index in [1.807, 2.05) is 0 Å². The Morgan fingerprint density at radius 2 is 2.17 bits per heavy atom. The van der Waals surface area contributed by atoms with E-state index in [-0.39, 0.29) is 27.6 Å². The number of likely N-dealkylation sites (tertiary alicyclic amines) is 1. The van der Waals surface area contributed by atoms with Gasteiger partial charge in [-0.2, -0.15) is 4.31 Å². The number of fused-ring (bicyclic) bond motifs is 1. The van der Waals surface area contributed by atoms with Gasteiger partial charge >= 0.3 is 5.97 Å². The fourth-order valence-corrected chi connectivity index (χ4v) is 6.17. The second-order valence-corrected chi connectivity index (χ2v) is 8.62. The van der Waals surface area contributed by atoms with Crippen LogP contribution in [-0.4, -0.2) is 62.8 Å². The van der Waals surface area contributed by atoms with Crippen molar-refractivity contribution in [2.75, 3.05) is 27.2 Å². The maximum atomic E-state index is 12.9. The van der Waals surface area contributed by atoms with Gasteiger partial charge in [-0.25, -0.2) is 13.2 Å². The Morgan fingerprint density at radius 1 is 1.43 bits per heavy atom. The molecule has 1 amide bonds. The third-order valence-corrected chi connectivity index (χ3v) is 7.53. The molecule has 2 saturated heterocycles. The Balaban J connectivity index is 1.86. The molecule has 9 heteroatoms. The number of esters is 1. The van der Waals surface area contributed by atoms with Crippen molar-refractivity contribution < 1.29 is 22.7 Å². The fourth-order valence-electron chi connectivity index (χ4n) is 3.35. The number of hydrogen-bond donors (Lipinski definition) is 0. The lowest BCUT2D eigenvalue weighted by Gasteiger charge is -2.35. The summed E-state index contributed by atoms with van der Waals surface area (Å²) < 4.78 is 31.8. The zero-order valence-corrected chi connectivity index (χ0v) is 14.5. The summed E-state index contributed by atoms with van der Waals surface area (Å²) in [5, 5.41) is 1.57. The molecule has 0 spiro atoms. The van der Waals surface area contributed by atoms with Crippen molar-refractivity contribution in [2.24, 2.45) is 5.92 Å². The fraction of sp³-hybridized carbons (Fsp3) is 0.571. The molecule has 0 unspecified atom stereocenters. The van der Waals surface area contributed by atoms with Gasteiger partial charge in [-0.15, -0.1) is 11.3 Å². The predicted octanol–water partition coefficient (Wildman–Crippen LogP) is 0.776. The van der Waals surface area contributed by atoms with Crippen molar-refractivity contribution in [2.45, 2.75) is 23.8 Å². The zero-order chi connectivity index (χ0) is 16.8. The van der Waals surface area contributed by atoms with E-state index in [0.717, 1.165) is 11.3 Å². The number of rotatable bonds is 3.